The molecule has 3 aliphatic carbocycles. The van der Waals surface area contributed by atoms with Gasteiger partial charge in [0.2, 0.25) is 0 Å². The maximum Gasteiger partial charge on any atom is 0.175 e. The van der Waals surface area contributed by atoms with Crippen molar-refractivity contribution in [2.24, 2.45) is 17.8 Å². The zero-order valence-corrected chi connectivity index (χ0v) is 13.2. The predicted octanol–water partition coefficient (Wildman–Crippen LogP) is 2.37. The number of phenols is 2. The van der Waals surface area contributed by atoms with Crippen molar-refractivity contribution in [1.82, 2.24) is 0 Å². The predicted molar refractivity (Wildman–Crippen MR) is 86.0 cm³/mol. The summed E-state index contributed by atoms with van der Waals surface area (Å²) in [4.78, 5) is 25.9. The molecule has 1 aromatic carbocycles. The molecule has 0 aromatic heterocycles. The summed E-state index contributed by atoms with van der Waals surface area (Å²) in [6, 6.07) is 2.43. The lowest BCUT2D eigenvalue weighted by molar-refractivity contribution is 0.0741. The lowest BCUT2D eigenvalue weighted by Crippen LogP contribution is -2.42. The molecule has 0 spiro atoms. The molecule has 0 saturated heterocycles. The Morgan fingerprint density at radius 2 is 1.67 bits per heavy atom. The minimum Gasteiger partial charge on any atom is -0.507 e. The average Bonchev–Trinajstić information content (AvgIpc) is 2.53. The second kappa shape index (κ2) is 5.05. The first-order valence-electron chi connectivity index (χ1n) is 8.12. The van der Waals surface area contributed by atoms with Gasteiger partial charge in [-0.05, 0) is 42.0 Å². The Balaban J connectivity index is 1.93. The van der Waals surface area contributed by atoms with Gasteiger partial charge in [0.1, 0.15) is 11.5 Å². The van der Waals surface area contributed by atoms with E-state index in [-0.39, 0.29) is 22.6 Å². The molecule has 0 heterocycles. The summed E-state index contributed by atoms with van der Waals surface area (Å²) in [5.41, 5.74) is 1.27. The van der Waals surface area contributed by atoms with Crippen molar-refractivity contribution in [3.63, 3.8) is 0 Å². The topological polar surface area (TPSA) is 94.8 Å². The number of hydrogen-bond acceptors (Lipinski definition) is 5. The fourth-order valence-electron chi connectivity index (χ4n) is 4.34. The number of Topliss-reactive ketones (excluding diaryl/α,β-unsaturated/α-hetero) is 2. The fraction of sp³-hybridized carbons (Fsp3) is 0.368. The molecule has 24 heavy (non-hydrogen) atoms. The molecule has 0 saturated carbocycles. The Labute approximate surface area is 138 Å². The van der Waals surface area contributed by atoms with Crippen LogP contribution in [0.15, 0.2) is 35.4 Å². The van der Waals surface area contributed by atoms with Gasteiger partial charge in [0, 0.05) is 0 Å². The first-order chi connectivity index (χ1) is 11.4. The molecule has 0 bridgehead atoms. The maximum absolute atomic E-state index is 13.0. The van der Waals surface area contributed by atoms with E-state index in [0.29, 0.717) is 17.9 Å². The van der Waals surface area contributed by atoms with Crippen molar-refractivity contribution in [1.29, 1.82) is 0 Å². The number of carbonyl (C=O) groups excluding carboxylic acids is 2. The van der Waals surface area contributed by atoms with E-state index in [4.69, 9.17) is 0 Å². The summed E-state index contributed by atoms with van der Waals surface area (Å²) in [6.07, 6.45) is 4.06. The van der Waals surface area contributed by atoms with Gasteiger partial charge in [0.05, 0.1) is 29.1 Å². The molecule has 3 N–H and O–H groups in total. The third-order valence-corrected chi connectivity index (χ3v) is 5.36. The van der Waals surface area contributed by atoms with Crippen LogP contribution in [0.25, 0.3) is 0 Å². The van der Waals surface area contributed by atoms with Gasteiger partial charge in [-0.1, -0.05) is 19.1 Å². The van der Waals surface area contributed by atoms with Crippen molar-refractivity contribution in [3.05, 3.63) is 46.6 Å². The number of phenolic OH excluding ortho intramolecular Hbond substituents is 2. The summed E-state index contributed by atoms with van der Waals surface area (Å²) in [6.45, 7) is 2.04. The summed E-state index contributed by atoms with van der Waals surface area (Å²) in [5, 5.41) is 30.6. The zero-order chi connectivity index (χ0) is 17.2. The number of benzene rings is 1. The highest BCUT2D eigenvalue weighted by molar-refractivity contribution is 6.20. The molecule has 4 atom stereocenters. The minimum atomic E-state index is -0.791. The molecule has 0 aliphatic heterocycles. The summed E-state index contributed by atoms with van der Waals surface area (Å²) in [7, 11) is 0. The van der Waals surface area contributed by atoms with E-state index in [1.54, 1.807) is 6.08 Å². The SMILES string of the molecule is C[C@H]1CC2=C(C3C(=O)c4c(O)ccc(O)c4C(=O)C3C=C2)[C@@H](O)C1. The number of fused-ring (bicyclic) bond motifs is 3. The van der Waals surface area contributed by atoms with Crippen LogP contribution in [0.4, 0.5) is 0 Å². The third kappa shape index (κ3) is 1.91. The van der Waals surface area contributed by atoms with Gasteiger partial charge in [0.15, 0.2) is 11.6 Å². The number of allylic oxidation sites excluding steroid dienone is 3. The van der Waals surface area contributed by atoms with Crippen LogP contribution in [0.3, 0.4) is 0 Å². The minimum absolute atomic E-state index is 0.117. The van der Waals surface area contributed by atoms with Crippen LogP contribution in [0.2, 0.25) is 0 Å². The van der Waals surface area contributed by atoms with Gasteiger partial charge in [-0.3, -0.25) is 9.59 Å². The van der Waals surface area contributed by atoms with Crippen molar-refractivity contribution in [3.8, 4) is 11.5 Å². The molecule has 0 radical (unpaired) electrons. The lowest BCUT2D eigenvalue weighted by atomic mass is 9.63. The summed E-state index contributed by atoms with van der Waals surface area (Å²) in [5.74, 6) is -2.63. The number of hydrogen-bond donors (Lipinski definition) is 3. The molecule has 1 aromatic rings. The van der Waals surface area contributed by atoms with Crippen LogP contribution < -0.4 is 0 Å². The van der Waals surface area contributed by atoms with Crippen LogP contribution >= 0.6 is 0 Å². The monoisotopic (exact) mass is 326 g/mol. The Morgan fingerprint density at radius 3 is 2.33 bits per heavy atom. The standard InChI is InChI=1S/C19H18O5/c1-8-6-9-2-3-10-15(14(9)13(22)7-8)19(24)17-12(21)5-4-11(20)16(17)18(10)23/h2-5,8,10,13,15,20-22H,6-7H2,1H3/t8-,10?,13-,15?/m0/s1. The number of aliphatic hydroxyl groups is 1. The van der Waals surface area contributed by atoms with Crippen LogP contribution in [0.5, 0.6) is 11.5 Å². The van der Waals surface area contributed by atoms with Crippen LogP contribution in [0, 0.1) is 17.8 Å². The van der Waals surface area contributed by atoms with Gasteiger partial charge in [-0.25, -0.2) is 0 Å². The Bertz CT molecular complexity index is 832. The van der Waals surface area contributed by atoms with Gasteiger partial charge in [-0.15, -0.1) is 0 Å². The smallest absolute Gasteiger partial charge is 0.175 e. The molecular formula is C19H18O5. The molecule has 5 nitrogen and oxygen atoms in total. The van der Waals surface area contributed by atoms with Crippen LogP contribution in [-0.2, 0) is 0 Å². The molecule has 2 unspecified atom stereocenters. The highest BCUT2D eigenvalue weighted by Crippen LogP contribution is 2.48. The first-order valence-corrected chi connectivity index (χ1v) is 8.12. The van der Waals surface area contributed by atoms with Gasteiger partial charge in [0.25, 0.3) is 0 Å². The van der Waals surface area contributed by atoms with Crippen molar-refractivity contribution >= 4 is 11.6 Å². The summed E-state index contributed by atoms with van der Waals surface area (Å²) >= 11 is 0. The maximum atomic E-state index is 13.0. The van der Waals surface area contributed by atoms with Crippen molar-refractivity contribution < 1.29 is 24.9 Å². The second-order valence-electron chi connectivity index (χ2n) is 6.99. The molecule has 124 valence electrons. The van der Waals surface area contributed by atoms with Gasteiger partial charge in [-0.2, -0.15) is 0 Å². The van der Waals surface area contributed by atoms with E-state index in [1.807, 2.05) is 13.0 Å². The van der Waals surface area contributed by atoms with Gasteiger partial charge < -0.3 is 15.3 Å². The first kappa shape index (κ1) is 15.1. The molecular weight excluding hydrogens is 308 g/mol. The third-order valence-electron chi connectivity index (χ3n) is 5.36. The van der Waals surface area contributed by atoms with E-state index in [1.165, 1.54) is 12.1 Å². The number of carbonyl (C=O) groups is 2. The van der Waals surface area contributed by atoms with Crippen LogP contribution in [-0.4, -0.2) is 33.0 Å². The fourth-order valence-corrected chi connectivity index (χ4v) is 4.34. The Kier molecular flexibility index (Phi) is 3.18. The Hall–Kier alpha value is -2.40. The molecule has 4 rings (SSSR count). The molecule has 5 heteroatoms. The molecule has 3 aliphatic rings. The number of ketones is 2. The highest BCUT2D eigenvalue weighted by Gasteiger charge is 2.48. The summed E-state index contributed by atoms with van der Waals surface area (Å²) < 4.78 is 0. The normalized spacial score (nSPS) is 31.6. The average molecular weight is 326 g/mol. The van der Waals surface area contributed by atoms with Crippen molar-refractivity contribution in [2.45, 2.75) is 25.9 Å². The largest absolute Gasteiger partial charge is 0.507 e. The van der Waals surface area contributed by atoms with Crippen LogP contribution in [0.1, 0.15) is 40.5 Å². The van der Waals surface area contributed by atoms with E-state index in [2.05, 4.69) is 0 Å². The van der Waals surface area contributed by atoms with E-state index >= 15 is 0 Å². The number of rotatable bonds is 0. The van der Waals surface area contributed by atoms with Gasteiger partial charge >= 0.3 is 0 Å². The zero-order valence-electron chi connectivity index (χ0n) is 13.2. The molecule has 0 fully saturated rings. The second-order valence-corrected chi connectivity index (χ2v) is 6.99. The highest BCUT2D eigenvalue weighted by atomic mass is 16.3. The number of aromatic hydroxyl groups is 2. The van der Waals surface area contributed by atoms with E-state index in [0.717, 1.165) is 12.0 Å². The Morgan fingerprint density at radius 1 is 1.04 bits per heavy atom. The quantitative estimate of drug-likeness (QED) is 0.636. The van der Waals surface area contributed by atoms with Crippen molar-refractivity contribution in [2.75, 3.05) is 0 Å². The number of aliphatic hydroxyl groups excluding tert-OH is 1. The van der Waals surface area contributed by atoms with E-state index in [9.17, 15) is 24.9 Å². The van der Waals surface area contributed by atoms with E-state index < -0.39 is 29.5 Å². The molecule has 0 amide bonds. The lowest BCUT2D eigenvalue weighted by Gasteiger charge is -2.39.